The highest BCUT2D eigenvalue weighted by Crippen LogP contribution is 2.23. The first-order chi connectivity index (χ1) is 18.5. The summed E-state index contributed by atoms with van der Waals surface area (Å²) < 4.78 is 1.91. The molecule has 0 saturated carbocycles. The molecular weight excluding hydrogens is 612 g/mol. The van der Waals surface area contributed by atoms with Crippen LogP contribution in [-0.2, 0) is 0 Å². The first kappa shape index (κ1) is 28.4. The minimum atomic E-state index is -0.0498. The summed E-state index contributed by atoms with van der Waals surface area (Å²) in [4.78, 5) is 31.2. The molecule has 2 amide bonds. The van der Waals surface area contributed by atoms with Crippen LogP contribution in [0.5, 0.6) is 0 Å². The number of amides is 2. The fourth-order valence-electron chi connectivity index (χ4n) is 4.33. The molecule has 10 heteroatoms. The molecule has 6 N–H and O–H groups in total. The molecule has 0 atom stereocenters. The smallest absolute Gasteiger partial charge is 0.253 e. The fourth-order valence-corrected chi connectivity index (χ4v) is 5.05. The molecule has 0 fully saturated rings. The van der Waals surface area contributed by atoms with E-state index in [0.29, 0.717) is 24.2 Å². The van der Waals surface area contributed by atoms with Crippen molar-refractivity contribution in [3.05, 3.63) is 68.9 Å². The van der Waals surface area contributed by atoms with Crippen LogP contribution in [0.25, 0.3) is 21.8 Å². The van der Waals surface area contributed by atoms with Gasteiger partial charge in [0.15, 0.2) is 0 Å². The summed E-state index contributed by atoms with van der Waals surface area (Å²) in [6, 6.07) is 11.7. The Balaban J connectivity index is 0.969. The van der Waals surface area contributed by atoms with Gasteiger partial charge in [-0.15, -0.1) is 0 Å². The van der Waals surface area contributed by atoms with Crippen molar-refractivity contribution in [3.63, 3.8) is 0 Å². The van der Waals surface area contributed by atoms with Crippen molar-refractivity contribution < 1.29 is 9.59 Å². The van der Waals surface area contributed by atoms with E-state index in [0.717, 1.165) is 82.6 Å². The molecule has 2 heterocycles. The van der Waals surface area contributed by atoms with Crippen LogP contribution in [-0.4, -0.2) is 61.1 Å². The third-order valence-electron chi connectivity index (χ3n) is 6.37. The summed E-state index contributed by atoms with van der Waals surface area (Å²) in [5.41, 5.74) is 3.26. The van der Waals surface area contributed by atoms with Gasteiger partial charge < -0.3 is 31.2 Å². The number of nitrogens with one attached hydrogen (secondary N) is 6. The van der Waals surface area contributed by atoms with E-state index in [2.05, 4.69) is 63.1 Å². The second kappa shape index (κ2) is 14.5. The highest BCUT2D eigenvalue weighted by molar-refractivity contribution is 9.10. The Kier molecular flexibility index (Phi) is 10.8. The average Bonchev–Trinajstić information content (AvgIpc) is 3.52. The number of halogens is 2. The van der Waals surface area contributed by atoms with Crippen LogP contribution in [0.2, 0.25) is 0 Å². The van der Waals surface area contributed by atoms with E-state index in [1.807, 2.05) is 36.4 Å². The maximum absolute atomic E-state index is 12.5. The first-order valence-electron chi connectivity index (χ1n) is 13.0. The van der Waals surface area contributed by atoms with Crippen LogP contribution < -0.4 is 21.3 Å². The topological polar surface area (TPSA) is 114 Å². The molecule has 0 unspecified atom stereocenters. The van der Waals surface area contributed by atoms with E-state index in [1.165, 1.54) is 0 Å². The first-order valence-corrected chi connectivity index (χ1v) is 14.6. The molecule has 4 rings (SSSR count). The van der Waals surface area contributed by atoms with Gasteiger partial charge in [0.05, 0.1) is 11.1 Å². The highest BCUT2D eigenvalue weighted by atomic mass is 79.9. The van der Waals surface area contributed by atoms with Gasteiger partial charge in [-0.3, -0.25) is 9.59 Å². The van der Waals surface area contributed by atoms with Crippen molar-refractivity contribution in [2.24, 2.45) is 0 Å². The number of fused-ring (bicyclic) bond motifs is 2. The predicted molar refractivity (Wildman–Crippen MR) is 161 cm³/mol. The van der Waals surface area contributed by atoms with Crippen LogP contribution in [0.15, 0.2) is 57.7 Å². The lowest BCUT2D eigenvalue weighted by atomic mass is 10.1. The third kappa shape index (κ3) is 7.92. The van der Waals surface area contributed by atoms with Crippen molar-refractivity contribution in [3.8, 4) is 0 Å². The molecule has 4 aromatic rings. The van der Waals surface area contributed by atoms with Gasteiger partial charge in [0, 0.05) is 56.2 Å². The van der Waals surface area contributed by atoms with Crippen molar-refractivity contribution in [2.45, 2.75) is 25.7 Å². The molecule has 38 heavy (non-hydrogen) atoms. The Morgan fingerprint density at radius 2 is 1.03 bits per heavy atom. The third-order valence-corrected chi connectivity index (χ3v) is 7.35. The number of H-pyrrole nitrogens is 2. The average molecular weight is 646 g/mol. The summed E-state index contributed by atoms with van der Waals surface area (Å²) in [6.07, 6.45) is 7.49. The largest absolute Gasteiger partial charge is 0.360 e. The molecule has 0 aliphatic heterocycles. The summed E-state index contributed by atoms with van der Waals surface area (Å²) in [5, 5.41) is 14.7. The second-order valence-corrected chi connectivity index (χ2v) is 11.0. The summed E-state index contributed by atoms with van der Waals surface area (Å²) >= 11 is 6.93. The molecule has 2 aromatic heterocycles. The number of carbonyl (C=O) groups excluding carboxylic acids is 2. The summed E-state index contributed by atoms with van der Waals surface area (Å²) in [7, 11) is 0. The Morgan fingerprint density at radius 1 is 0.605 bits per heavy atom. The van der Waals surface area contributed by atoms with Gasteiger partial charge in [0.25, 0.3) is 11.8 Å². The van der Waals surface area contributed by atoms with Gasteiger partial charge in [-0.2, -0.15) is 0 Å². The molecule has 0 aliphatic rings. The van der Waals surface area contributed by atoms with Crippen LogP contribution in [0, 0.1) is 0 Å². The van der Waals surface area contributed by atoms with Crippen LogP contribution in [0.3, 0.4) is 0 Å². The monoisotopic (exact) mass is 644 g/mol. The number of aromatic nitrogens is 2. The standard InChI is InChI=1S/C28H34Br2N6O2/c29-19-5-7-25-21(15-19)23(17-35-25)27(37)33-13-3-11-31-9-1-2-10-32-12-4-14-34-28(38)24-18-36-26-8-6-20(30)16-22(24)26/h5-8,15-18,31-32,35-36H,1-4,9-14H2,(H,33,37)(H,34,38). The van der Waals surface area contributed by atoms with E-state index in [9.17, 15) is 9.59 Å². The Bertz CT molecular complexity index is 1260. The van der Waals surface area contributed by atoms with Gasteiger partial charge in [-0.25, -0.2) is 0 Å². The van der Waals surface area contributed by atoms with Crippen molar-refractivity contribution >= 4 is 65.5 Å². The Morgan fingerprint density at radius 3 is 1.47 bits per heavy atom. The number of carbonyl (C=O) groups is 2. The van der Waals surface area contributed by atoms with Crippen LogP contribution in [0.1, 0.15) is 46.4 Å². The maximum Gasteiger partial charge on any atom is 0.253 e. The number of aromatic amines is 2. The van der Waals surface area contributed by atoms with Crippen molar-refractivity contribution in [1.29, 1.82) is 0 Å². The zero-order chi connectivity index (χ0) is 26.7. The van der Waals surface area contributed by atoms with Gasteiger partial charge in [0.2, 0.25) is 0 Å². The zero-order valence-electron chi connectivity index (χ0n) is 21.3. The minimum absolute atomic E-state index is 0.0498. The van der Waals surface area contributed by atoms with Gasteiger partial charge in [-0.05, 0) is 88.3 Å². The van der Waals surface area contributed by atoms with E-state index >= 15 is 0 Å². The molecule has 0 aliphatic carbocycles. The lowest BCUT2D eigenvalue weighted by Gasteiger charge is -2.08. The quantitative estimate of drug-likeness (QED) is 0.101. The van der Waals surface area contributed by atoms with Crippen LogP contribution in [0.4, 0.5) is 0 Å². The summed E-state index contributed by atoms with van der Waals surface area (Å²) in [6.45, 7) is 4.96. The van der Waals surface area contributed by atoms with Crippen molar-refractivity contribution in [1.82, 2.24) is 31.2 Å². The Labute approximate surface area is 239 Å². The number of hydrogen-bond acceptors (Lipinski definition) is 4. The predicted octanol–water partition coefficient (Wildman–Crippen LogP) is 5.07. The normalized spacial score (nSPS) is 11.3. The number of benzene rings is 2. The molecule has 8 nitrogen and oxygen atoms in total. The molecular formula is C28H34Br2N6O2. The fraction of sp³-hybridized carbons (Fsp3) is 0.357. The van der Waals surface area contributed by atoms with E-state index < -0.39 is 0 Å². The van der Waals surface area contributed by atoms with E-state index in [4.69, 9.17) is 0 Å². The summed E-state index contributed by atoms with van der Waals surface area (Å²) in [5.74, 6) is -0.0996. The number of hydrogen-bond donors (Lipinski definition) is 6. The molecule has 0 radical (unpaired) electrons. The van der Waals surface area contributed by atoms with E-state index in [-0.39, 0.29) is 11.8 Å². The number of rotatable bonds is 15. The van der Waals surface area contributed by atoms with Gasteiger partial charge in [0.1, 0.15) is 0 Å². The van der Waals surface area contributed by atoms with Gasteiger partial charge >= 0.3 is 0 Å². The van der Waals surface area contributed by atoms with Crippen LogP contribution >= 0.6 is 31.9 Å². The highest BCUT2D eigenvalue weighted by Gasteiger charge is 2.12. The maximum atomic E-state index is 12.5. The lowest BCUT2D eigenvalue weighted by molar-refractivity contribution is 0.0946. The molecule has 0 spiro atoms. The van der Waals surface area contributed by atoms with Gasteiger partial charge in [-0.1, -0.05) is 31.9 Å². The van der Waals surface area contributed by atoms with Crippen molar-refractivity contribution in [2.75, 3.05) is 39.3 Å². The molecule has 2 aromatic carbocycles. The molecule has 0 saturated heterocycles. The SMILES string of the molecule is O=C(NCCCNCCCCNCCCNC(=O)c1c[nH]c2ccc(Br)cc12)c1c[nH]c2ccc(Br)cc12. The molecule has 202 valence electrons. The lowest BCUT2D eigenvalue weighted by Crippen LogP contribution is -2.28. The second-order valence-electron chi connectivity index (χ2n) is 9.21. The molecule has 0 bridgehead atoms. The van der Waals surface area contributed by atoms with E-state index in [1.54, 1.807) is 12.4 Å². The zero-order valence-corrected chi connectivity index (χ0v) is 24.4. The number of unbranched alkanes of at least 4 members (excludes halogenated alkanes) is 1. The Hall–Kier alpha value is -2.66. The minimum Gasteiger partial charge on any atom is -0.360 e.